The number of hydrogen-bond donors (Lipinski definition) is 0. The van der Waals surface area contributed by atoms with E-state index in [1.54, 1.807) is 6.92 Å². The molecule has 6 nitrogen and oxygen atoms in total. The van der Waals surface area contributed by atoms with Gasteiger partial charge in [-0.25, -0.2) is 4.79 Å². The lowest BCUT2D eigenvalue weighted by Gasteiger charge is -2.27. The van der Waals surface area contributed by atoms with Crippen molar-refractivity contribution in [2.45, 2.75) is 20.3 Å². The van der Waals surface area contributed by atoms with Gasteiger partial charge >= 0.3 is 14.8 Å². The largest absolute Gasteiger partial charge is 0.532 e. The highest BCUT2D eigenvalue weighted by atomic mass is 28.4. The highest BCUT2D eigenvalue weighted by Crippen LogP contribution is 2.24. The lowest BCUT2D eigenvalue weighted by Crippen LogP contribution is -2.46. The number of likely N-dealkylation sites (N-methyl/N-ethyl adjacent to an activating group) is 1. The van der Waals surface area contributed by atoms with E-state index in [2.05, 4.69) is 0 Å². The van der Waals surface area contributed by atoms with Crippen molar-refractivity contribution in [2.75, 3.05) is 48.6 Å². The molecule has 0 aromatic rings. The third kappa shape index (κ3) is 4.99. The van der Waals surface area contributed by atoms with Crippen LogP contribution < -0.4 is 0 Å². The Labute approximate surface area is 123 Å². The van der Waals surface area contributed by atoms with Gasteiger partial charge in [-0.05, 0) is 27.4 Å². The summed E-state index contributed by atoms with van der Waals surface area (Å²) in [6, 6.07) is 0. The summed E-state index contributed by atoms with van der Waals surface area (Å²) in [5, 5.41) is 0.750. The summed E-state index contributed by atoms with van der Waals surface area (Å²) in [5.41, 5.74) is 0.503. The number of esters is 1. The van der Waals surface area contributed by atoms with Gasteiger partial charge in [-0.3, -0.25) is 0 Å². The van der Waals surface area contributed by atoms with Crippen molar-refractivity contribution in [1.82, 2.24) is 4.90 Å². The van der Waals surface area contributed by atoms with Crippen molar-refractivity contribution in [1.29, 1.82) is 0 Å². The van der Waals surface area contributed by atoms with E-state index in [9.17, 15) is 4.79 Å². The third-order valence-corrected chi connectivity index (χ3v) is 6.14. The molecule has 7 heteroatoms. The fourth-order valence-corrected chi connectivity index (χ4v) is 4.12. The summed E-state index contributed by atoms with van der Waals surface area (Å²) in [6.07, 6.45) is 0.607. The van der Waals surface area contributed by atoms with Crippen LogP contribution in [-0.4, -0.2) is 68.3 Å². The van der Waals surface area contributed by atoms with E-state index in [-0.39, 0.29) is 5.97 Å². The molecule has 0 amide bonds. The molecular formula is C13H27NO5Si. The van der Waals surface area contributed by atoms with Crippen LogP contribution in [0, 0.1) is 0 Å². The summed E-state index contributed by atoms with van der Waals surface area (Å²) in [6.45, 7) is 4.68. The number of carbonyl (C=O) groups excluding carboxylic acids is 1. The second-order valence-corrected chi connectivity index (χ2v) is 7.51. The maximum atomic E-state index is 12.1. The zero-order valence-corrected chi connectivity index (χ0v) is 14.6. The molecule has 0 bridgehead atoms. The predicted molar refractivity (Wildman–Crippen MR) is 79.3 cm³/mol. The maximum absolute atomic E-state index is 12.1. The first-order valence-corrected chi connectivity index (χ1v) is 8.28. The smallest absolute Gasteiger partial charge is 0.461 e. The summed E-state index contributed by atoms with van der Waals surface area (Å²) in [7, 11) is 5.46. The van der Waals surface area contributed by atoms with E-state index in [1.807, 2.05) is 25.9 Å². The number of rotatable bonds is 9. The number of allylic oxidation sites excluding steroid dienone is 1. The first-order chi connectivity index (χ1) is 9.38. The van der Waals surface area contributed by atoms with E-state index in [0.717, 1.165) is 5.20 Å². The molecule has 118 valence electrons. The minimum absolute atomic E-state index is 0.349. The van der Waals surface area contributed by atoms with Gasteiger partial charge in [0.1, 0.15) is 6.61 Å². The van der Waals surface area contributed by atoms with Crippen molar-refractivity contribution in [2.24, 2.45) is 0 Å². The Morgan fingerprint density at radius 3 is 1.95 bits per heavy atom. The molecule has 0 N–H and O–H groups in total. The van der Waals surface area contributed by atoms with Crippen LogP contribution in [0.15, 0.2) is 10.8 Å². The highest BCUT2D eigenvalue weighted by Gasteiger charge is 2.44. The van der Waals surface area contributed by atoms with Gasteiger partial charge < -0.3 is 22.9 Å². The summed E-state index contributed by atoms with van der Waals surface area (Å²) in [4.78, 5) is 14.0. The van der Waals surface area contributed by atoms with Gasteiger partial charge in [0.2, 0.25) is 0 Å². The molecule has 0 heterocycles. The number of nitrogens with zero attached hydrogens (tertiary/aromatic N) is 1. The van der Waals surface area contributed by atoms with Crippen LogP contribution in [0.1, 0.15) is 20.3 Å². The van der Waals surface area contributed by atoms with Gasteiger partial charge in [-0.2, -0.15) is 0 Å². The molecule has 0 atom stereocenters. The molecule has 0 saturated carbocycles. The van der Waals surface area contributed by atoms with Crippen LogP contribution in [0.4, 0.5) is 0 Å². The van der Waals surface area contributed by atoms with Crippen LogP contribution in [0.2, 0.25) is 0 Å². The quantitative estimate of drug-likeness (QED) is 0.363. The Balaban J connectivity index is 5.09. The molecule has 0 fully saturated rings. The van der Waals surface area contributed by atoms with E-state index in [0.29, 0.717) is 25.1 Å². The van der Waals surface area contributed by atoms with Gasteiger partial charge in [0, 0.05) is 38.6 Å². The average Bonchev–Trinajstić information content (AvgIpc) is 2.43. The van der Waals surface area contributed by atoms with Crippen molar-refractivity contribution in [3.05, 3.63) is 10.8 Å². The van der Waals surface area contributed by atoms with Gasteiger partial charge in [0.25, 0.3) is 0 Å². The maximum Gasteiger partial charge on any atom is 0.532 e. The Morgan fingerprint density at radius 2 is 1.60 bits per heavy atom. The molecule has 0 radical (unpaired) electrons. The average molecular weight is 305 g/mol. The molecule has 0 unspecified atom stereocenters. The van der Waals surface area contributed by atoms with E-state index >= 15 is 0 Å². The van der Waals surface area contributed by atoms with E-state index in [4.69, 9.17) is 18.0 Å². The fraction of sp³-hybridized carbons (Fsp3) is 0.769. The normalized spacial score (nSPS) is 13.4. The molecule has 0 saturated heterocycles. The molecule has 0 aliphatic heterocycles. The van der Waals surface area contributed by atoms with Gasteiger partial charge in [-0.15, -0.1) is 0 Å². The van der Waals surface area contributed by atoms with Crippen molar-refractivity contribution in [3.63, 3.8) is 0 Å². The zero-order chi connectivity index (χ0) is 15.8. The molecule has 0 aromatic heterocycles. The number of carbonyl (C=O) groups is 1. The fourth-order valence-electron chi connectivity index (χ4n) is 1.88. The molecule has 0 aliphatic rings. The first-order valence-electron chi connectivity index (χ1n) is 6.56. The topological polar surface area (TPSA) is 57.2 Å². The Morgan fingerprint density at radius 1 is 1.10 bits per heavy atom. The lowest BCUT2D eigenvalue weighted by atomic mass is 10.2. The number of hydrogen-bond acceptors (Lipinski definition) is 6. The van der Waals surface area contributed by atoms with Gasteiger partial charge in [0.05, 0.1) is 0 Å². The van der Waals surface area contributed by atoms with E-state index < -0.39 is 8.80 Å². The standard InChI is InChI=1S/C13H27NO5Si/c1-8-12(20(16-5,17-6)18-7)11(2)13(15)19-10-9-14(3)4/h8-10H2,1-7H3. The highest BCUT2D eigenvalue weighted by molar-refractivity contribution is 6.69. The summed E-state index contributed by atoms with van der Waals surface area (Å²) >= 11 is 0. The van der Waals surface area contributed by atoms with E-state index in [1.165, 1.54) is 21.3 Å². The molecule has 0 spiro atoms. The third-order valence-electron chi connectivity index (χ3n) is 3.06. The van der Waals surface area contributed by atoms with Crippen LogP contribution >= 0.6 is 0 Å². The van der Waals surface area contributed by atoms with Crippen molar-refractivity contribution >= 4 is 14.8 Å². The van der Waals surface area contributed by atoms with Gasteiger partial charge in [0.15, 0.2) is 0 Å². The monoisotopic (exact) mass is 305 g/mol. The molecule has 0 rings (SSSR count). The minimum Gasteiger partial charge on any atom is -0.461 e. The molecule has 20 heavy (non-hydrogen) atoms. The van der Waals surface area contributed by atoms with Crippen LogP contribution in [0.5, 0.6) is 0 Å². The zero-order valence-electron chi connectivity index (χ0n) is 13.6. The summed E-state index contributed by atoms with van der Waals surface area (Å²) in [5.74, 6) is -0.355. The van der Waals surface area contributed by atoms with Crippen LogP contribution in [0.3, 0.4) is 0 Å². The van der Waals surface area contributed by atoms with Crippen molar-refractivity contribution in [3.8, 4) is 0 Å². The van der Waals surface area contributed by atoms with Crippen LogP contribution in [-0.2, 0) is 22.8 Å². The Hall–Kier alpha value is -0.733. The van der Waals surface area contributed by atoms with Crippen molar-refractivity contribution < 1.29 is 22.8 Å². The minimum atomic E-state index is -2.97. The summed E-state index contributed by atoms with van der Waals surface area (Å²) < 4.78 is 21.5. The second-order valence-electron chi connectivity index (χ2n) is 4.56. The molecule has 0 aliphatic carbocycles. The molecular weight excluding hydrogens is 278 g/mol. The second kappa shape index (κ2) is 9.25. The molecule has 0 aromatic carbocycles. The first kappa shape index (κ1) is 19.3. The SMILES string of the molecule is CCC(=C(C)C(=O)OCCN(C)C)[Si](OC)(OC)OC. The lowest BCUT2D eigenvalue weighted by molar-refractivity contribution is -0.139. The Bertz CT molecular complexity index is 331. The Kier molecular flexibility index (Phi) is 8.91. The van der Waals surface area contributed by atoms with Crippen LogP contribution in [0.25, 0.3) is 0 Å². The number of ether oxygens (including phenoxy) is 1. The predicted octanol–water partition coefficient (Wildman–Crippen LogP) is 1.24. The van der Waals surface area contributed by atoms with Gasteiger partial charge in [-0.1, -0.05) is 6.92 Å².